The zero-order valence-electron chi connectivity index (χ0n) is 31.9. The van der Waals surface area contributed by atoms with Crippen LogP contribution in [0.25, 0.3) is 110 Å². The summed E-state index contributed by atoms with van der Waals surface area (Å²) in [4.78, 5) is 0. The maximum atomic E-state index is 2.45. The molecule has 0 bridgehead atoms. The summed E-state index contributed by atoms with van der Waals surface area (Å²) in [6.07, 6.45) is 0. The maximum Gasteiger partial charge on any atom is -0.00261 e. The summed E-state index contributed by atoms with van der Waals surface area (Å²) in [7, 11) is 0. The number of fused-ring (bicyclic) bond motifs is 4. The second-order valence-corrected chi connectivity index (χ2v) is 15.3. The van der Waals surface area contributed by atoms with Gasteiger partial charge in [-0.15, -0.1) is 0 Å². The molecular formula is C58H38. The van der Waals surface area contributed by atoms with Crippen molar-refractivity contribution in [2.24, 2.45) is 0 Å². The van der Waals surface area contributed by atoms with E-state index in [1.165, 1.54) is 110 Å². The van der Waals surface area contributed by atoms with Crippen molar-refractivity contribution in [3.8, 4) is 66.8 Å². The Balaban J connectivity index is 1.21. The van der Waals surface area contributed by atoms with Crippen molar-refractivity contribution < 1.29 is 0 Å². The Labute approximate surface area is 339 Å². The summed E-state index contributed by atoms with van der Waals surface area (Å²) in [6, 6.07) is 84.8. The number of hydrogen-bond donors (Lipinski definition) is 0. The van der Waals surface area contributed by atoms with Crippen molar-refractivity contribution in [1.82, 2.24) is 0 Å². The number of benzene rings is 11. The molecule has 0 nitrogen and oxygen atoms in total. The zero-order chi connectivity index (χ0) is 38.4. The molecule has 58 heavy (non-hydrogen) atoms. The van der Waals surface area contributed by atoms with E-state index in [0.29, 0.717) is 0 Å². The highest BCUT2D eigenvalue weighted by molar-refractivity contribution is 6.22. The molecule has 0 unspecified atom stereocenters. The van der Waals surface area contributed by atoms with Crippen LogP contribution >= 0.6 is 0 Å². The highest BCUT2D eigenvalue weighted by Gasteiger charge is 2.18. The summed E-state index contributed by atoms with van der Waals surface area (Å²) in [6.45, 7) is 0. The molecule has 11 aromatic carbocycles. The molecule has 0 N–H and O–H groups in total. The average Bonchev–Trinajstić information content (AvgIpc) is 3.30. The van der Waals surface area contributed by atoms with Crippen molar-refractivity contribution in [2.45, 2.75) is 0 Å². The maximum absolute atomic E-state index is 2.45. The second kappa shape index (κ2) is 14.2. The topological polar surface area (TPSA) is 0 Å². The van der Waals surface area contributed by atoms with Gasteiger partial charge in [-0.05, 0) is 152 Å². The molecule has 0 fully saturated rings. The molecule has 0 aliphatic heterocycles. The summed E-state index contributed by atoms with van der Waals surface area (Å²) in [5.41, 5.74) is 14.6. The van der Waals surface area contributed by atoms with E-state index in [-0.39, 0.29) is 0 Å². The smallest absolute Gasteiger partial charge is 0.00261 e. The average molecular weight is 735 g/mol. The van der Waals surface area contributed by atoms with E-state index in [9.17, 15) is 0 Å². The summed E-state index contributed by atoms with van der Waals surface area (Å²) < 4.78 is 0. The van der Waals surface area contributed by atoms with Gasteiger partial charge in [0, 0.05) is 0 Å². The van der Waals surface area contributed by atoms with Crippen molar-refractivity contribution in [3.63, 3.8) is 0 Å². The van der Waals surface area contributed by atoms with Crippen LogP contribution in [0, 0.1) is 0 Å². The summed E-state index contributed by atoms with van der Waals surface area (Å²) in [5, 5.41) is 9.97. The fourth-order valence-corrected chi connectivity index (χ4v) is 9.02. The normalized spacial score (nSPS) is 11.4. The van der Waals surface area contributed by atoms with Crippen LogP contribution in [0.15, 0.2) is 231 Å². The molecule has 0 aliphatic carbocycles. The third-order valence-electron chi connectivity index (χ3n) is 11.8. The number of rotatable bonds is 6. The van der Waals surface area contributed by atoms with E-state index in [4.69, 9.17) is 0 Å². The van der Waals surface area contributed by atoms with Gasteiger partial charge in [-0.3, -0.25) is 0 Å². The Hall–Kier alpha value is -7.54. The minimum Gasteiger partial charge on any atom is -0.0622 e. The van der Waals surface area contributed by atoms with Gasteiger partial charge in [0.15, 0.2) is 0 Å². The first-order valence-electron chi connectivity index (χ1n) is 20.1. The van der Waals surface area contributed by atoms with Crippen LogP contribution in [0.2, 0.25) is 0 Å². The lowest BCUT2D eigenvalue weighted by Crippen LogP contribution is -1.92. The predicted octanol–water partition coefficient (Wildman–Crippen LogP) is 16.3. The Morgan fingerprint density at radius 1 is 0.172 bits per heavy atom. The molecule has 0 radical (unpaired) electrons. The number of hydrogen-bond acceptors (Lipinski definition) is 0. The van der Waals surface area contributed by atoms with E-state index >= 15 is 0 Å². The van der Waals surface area contributed by atoms with Crippen molar-refractivity contribution in [2.75, 3.05) is 0 Å². The first kappa shape index (κ1) is 33.8. The van der Waals surface area contributed by atoms with E-state index in [2.05, 4.69) is 231 Å². The molecule has 0 aromatic heterocycles. The van der Waals surface area contributed by atoms with Crippen LogP contribution < -0.4 is 0 Å². The molecule has 0 saturated heterocycles. The predicted molar refractivity (Wildman–Crippen MR) is 249 cm³/mol. The van der Waals surface area contributed by atoms with Crippen LogP contribution in [0.4, 0.5) is 0 Å². The highest BCUT2D eigenvalue weighted by Crippen LogP contribution is 2.46. The fourth-order valence-electron chi connectivity index (χ4n) is 9.02. The van der Waals surface area contributed by atoms with E-state index in [0.717, 1.165) is 0 Å². The van der Waals surface area contributed by atoms with Crippen LogP contribution in [-0.2, 0) is 0 Å². The molecule has 0 aliphatic rings. The molecule has 0 heteroatoms. The second-order valence-electron chi connectivity index (χ2n) is 15.3. The van der Waals surface area contributed by atoms with E-state index in [1.807, 2.05) is 0 Å². The molecule has 0 atom stereocenters. The largest absolute Gasteiger partial charge is 0.0622 e. The lowest BCUT2D eigenvalue weighted by Gasteiger charge is -2.19. The highest BCUT2D eigenvalue weighted by atomic mass is 14.2. The minimum atomic E-state index is 1.19. The van der Waals surface area contributed by atoms with Gasteiger partial charge in [0.2, 0.25) is 0 Å². The molecule has 0 saturated carbocycles. The monoisotopic (exact) mass is 734 g/mol. The first-order chi connectivity index (χ1) is 28.7. The van der Waals surface area contributed by atoms with Gasteiger partial charge in [-0.2, -0.15) is 0 Å². The minimum absolute atomic E-state index is 1.19. The van der Waals surface area contributed by atoms with Gasteiger partial charge in [0.05, 0.1) is 0 Å². The van der Waals surface area contributed by atoms with Crippen molar-refractivity contribution in [1.29, 1.82) is 0 Å². The Morgan fingerprint density at radius 2 is 0.586 bits per heavy atom. The molecule has 0 spiro atoms. The molecule has 11 rings (SSSR count). The third kappa shape index (κ3) is 5.95. The standard InChI is InChI=1S/C58H38/c1-4-16-39(17-5-1)47-34-48(40-18-6-2-7-19-40)36-50(35-47)56-38-49(44-29-28-41-20-10-11-23-43(41)32-44)33-45-30-31-46(37-55(45)56)58-53-26-14-12-24-51(53)57(42-21-8-3-9-22-42)52-25-13-15-27-54(52)58/h1-38H. The van der Waals surface area contributed by atoms with Crippen LogP contribution in [0.1, 0.15) is 0 Å². The van der Waals surface area contributed by atoms with Gasteiger partial charge < -0.3 is 0 Å². The third-order valence-corrected chi connectivity index (χ3v) is 11.8. The van der Waals surface area contributed by atoms with E-state index in [1.54, 1.807) is 0 Å². The quantitative estimate of drug-likeness (QED) is 0.149. The van der Waals surface area contributed by atoms with Gasteiger partial charge >= 0.3 is 0 Å². The summed E-state index contributed by atoms with van der Waals surface area (Å²) >= 11 is 0. The molecule has 270 valence electrons. The van der Waals surface area contributed by atoms with Gasteiger partial charge in [-0.25, -0.2) is 0 Å². The summed E-state index contributed by atoms with van der Waals surface area (Å²) in [5.74, 6) is 0. The van der Waals surface area contributed by atoms with Gasteiger partial charge in [0.25, 0.3) is 0 Å². The van der Waals surface area contributed by atoms with Crippen LogP contribution in [0.5, 0.6) is 0 Å². The molecular weight excluding hydrogens is 697 g/mol. The van der Waals surface area contributed by atoms with Crippen molar-refractivity contribution in [3.05, 3.63) is 231 Å². The van der Waals surface area contributed by atoms with Gasteiger partial charge in [0.1, 0.15) is 0 Å². The van der Waals surface area contributed by atoms with Crippen LogP contribution in [-0.4, -0.2) is 0 Å². The Bertz CT molecular complexity index is 3190. The Kier molecular flexibility index (Phi) is 8.26. The SMILES string of the molecule is c1ccc(-c2cc(-c3ccccc3)cc(-c3cc(-c4ccc5ccccc5c4)cc4ccc(-c5c6ccccc6c(-c6ccccc6)c6ccccc56)cc34)c2)cc1. The fraction of sp³-hybridized carbons (Fsp3) is 0. The van der Waals surface area contributed by atoms with Crippen LogP contribution in [0.3, 0.4) is 0 Å². The lowest BCUT2D eigenvalue weighted by atomic mass is 9.84. The lowest BCUT2D eigenvalue weighted by molar-refractivity contribution is 1.57. The van der Waals surface area contributed by atoms with E-state index < -0.39 is 0 Å². The Morgan fingerprint density at radius 3 is 1.17 bits per heavy atom. The van der Waals surface area contributed by atoms with Gasteiger partial charge in [-0.1, -0.05) is 188 Å². The molecule has 0 heterocycles. The first-order valence-corrected chi connectivity index (χ1v) is 20.1. The molecule has 11 aromatic rings. The zero-order valence-corrected chi connectivity index (χ0v) is 31.9. The molecule has 0 amide bonds. The van der Waals surface area contributed by atoms with Crippen molar-refractivity contribution >= 4 is 43.1 Å².